The number of nitro groups is 2. The second kappa shape index (κ2) is 6.59. The van der Waals surface area contributed by atoms with Gasteiger partial charge in [0.1, 0.15) is 0 Å². The number of nitro benzene ring substituents is 2. The summed E-state index contributed by atoms with van der Waals surface area (Å²) in [7, 11) is 0. The summed E-state index contributed by atoms with van der Waals surface area (Å²) in [6.07, 6.45) is 3.14. The molecule has 2 aliphatic heterocycles. The van der Waals surface area contributed by atoms with Crippen molar-refractivity contribution in [3.8, 4) is 11.5 Å². The fraction of sp³-hybridized carbons (Fsp3) is 0.125. The fourth-order valence-corrected chi connectivity index (χ4v) is 2.56. The molecule has 10 nitrogen and oxygen atoms in total. The molecule has 0 aromatic heterocycles. The minimum absolute atomic E-state index is 0.271. The van der Waals surface area contributed by atoms with Gasteiger partial charge in [-0.1, -0.05) is 0 Å². The van der Waals surface area contributed by atoms with E-state index in [4.69, 9.17) is 0 Å². The van der Waals surface area contributed by atoms with Crippen molar-refractivity contribution in [3.05, 3.63) is 66.7 Å². The molecule has 26 heavy (non-hydrogen) atoms. The minimum atomic E-state index is -0.609. The summed E-state index contributed by atoms with van der Waals surface area (Å²) in [6.45, 7) is 0.974. The Morgan fingerprint density at radius 2 is 1.15 bits per heavy atom. The third-order valence-corrected chi connectivity index (χ3v) is 3.85. The zero-order chi connectivity index (χ0) is 18.8. The van der Waals surface area contributed by atoms with Crippen molar-refractivity contribution in [1.82, 2.24) is 0 Å². The van der Waals surface area contributed by atoms with Gasteiger partial charge in [-0.05, 0) is 23.3 Å². The van der Waals surface area contributed by atoms with Crippen molar-refractivity contribution < 1.29 is 20.1 Å². The summed E-state index contributed by atoms with van der Waals surface area (Å²) in [5.74, 6) is -0.594. The van der Waals surface area contributed by atoms with E-state index < -0.39 is 9.85 Å². The number of nitrogens with zero attached hydrogens (tertiary/aromatic N) is 4. The summed E-state index contributed by atoms with van der Waals surface area (Å²) >= 11 is 0. The Labute approximate surface area is 146 Å². The molecule has 2 aromatic carbocycles. The zero-order valence-corrected chi connectivity index (χ0v) is 13.2. The van der Waals surface area contributed by atoms with Crippen molar-refractivity contribution in [2.45, 2.75) is 13.1 Å². The van der Waals surface area contributed by atoms with E-state index in [1.54, 1.807) is 12.4 Å². The maximum atomic E-state index is 10.4. The number of hydrogen-bond acceptors (Lipinski definition) is 8. The van der Waals surface area contributed by atoms with Gasteiger partial charge >= 0.3 is 11.4 Å². The molecule has 4 rings (SSSR count). The van der Waals surface area contributed by atoms with Crippen LogP contribution in [-0.4, -0.2) is 32.5 Å². The molecular weight excluding hydrogens is 344 g/mol. The van der Waals surface area contributed by atoms with Crippen LogP contribution in [0.3, 0.4) is 0 Å². The van der Waals surface area contributed by atoms with Crippen LogP contribution in [0.25, 0.3) is 0 Å². The first-order valence-corrected chi connectivity index (χ1v) is 7.37. The molecule has 2 aromatic rings. The summed E-state index contributed by atoms with van der Waals surface area (Å²) in [6, 6.07) is 5.45. The summed E-state index contributed by atoms with van der Waals surface area (Å²) in [4.78, 5) is 27.5. The minimum Gasteiger partial charge on any atom is -0.502 e. The van der Waals surface area contributed by atoms with Crippen molar-refractivity contribution in [2.75, 3.05) is 0 Å². The van der Waals surface area contributed by atoms with E-state index in [0.29, 0.717) is 24.2 Å². The van der Waals surface area contributed by atoms with E-state index >= 15 is 0 Å². The highest BCUT2D eigenvalue weighted by Gasteiger charge is 2.19. The van der Waals surface area contributed by atoms with Gasteiger partial charge in [0.05, 0.1) is 22.9 Å². The predicted molar refractivity (Wildman–Crippen MR) is 92.1 cm³/mol. The molecule has 132 valence electrons. The third-order valence-electron chi connectivity index (χ3n) is 3.85. The van der Waals surface area contributed by atoms with Crippen LogP contribution in [0.5, 0.6) is 11.5 Å². The smallest absolute Gasteiger partial charge is 0.311 e. The molecule has 0 atom stereocenters. The van der Waals surface area contributed by atoms with Gasteiger partial charge in [-0.25, -0.2) is 0 Å². The van der Waals surface area contributed by atoms with Crippen LogP contribution in [0.4, 0.5) is 11.4 Å². The largest absolute Gasteiger partial charge is 0.502 e. The Hall–Kier alpha value is -3.82. The van der Waals surface area contributed by atoms with E-state index in [1.807, 2.05) is 0 Å². The lowest BCUT2D eigenvalue weighted by Crippen LogP contribution is -1.92. The summed E-state index contributed by atoms with van der Waals surface area (Å²) < 4.78 is 0. The van der Waals surface area contributed by atoms with Crippen molar-refractivity contribution >= 4 is 23.8 Å². The summed E-state index contributed by atoms with van der Waals surface area (Å²) in [5.41, 5.74) is 2.53. The van der Waals surface area contributed by atoms with Gasteiger partial charge in [0.2, 0.25) is 0 Å². The molecule has 10 heteroatoms. The Morgan fingerprint density at radius 3 is 1.50 bits per heavy atom. The van der Waals surface area contributed by atoms with E-state index in [9.17, 15) is 30.4 Å². The molecule has 2 heterocycles. The molecule has 0 bridgehead atoms. The molecule has 0 amide bonds. The van der Waals surface area contributed by atoms with Crippen LogP contribution in [-0.2, 0) is 13.1 Å². The number of phenols is 2. The maximum Gasteiger partial charge on any atom is 0.311 e. The van der Waals surface area contributed by atoms with Crippen molar-refractivity contribution in [2.24, 2.45) is 9.98 Å². The average Bonchev–Trinajstić information content (AvgIpc) is 3.21. The van der Waals surface area contributed by atoms with Gasteiger partial charge in [0.15, 0.2) is 11.5 Å². The number of rotatable bonds is 2. The standard InChI is InChI=1S/2C8H6N2O3/c2*11-8-2-6-4-9-3-5(6)1-7(8)10(12)13/h2*1-3,11H,4H2. The quantitative estimate of drug-likeness (QED) is 0.623. The van der Waals surface area contributed by atoms with Gasteiger partial charge in [-0.2, -0.15) is 0 Å². The van der Waals surface area contributed by atoms with E-state index in [0.717, 1.165) is 11.1 Å². The Bertz CT molecular complexity index is 904. The van der Waals surface area contributed by atoms with Crippen molar-refractivity contribution in [3.63, 3.8) is 0 Å². The van der Waals surface area contributed by atoms with E-state index in [2.05, 4.69) is 9.98 Å². The van der Waals surface area contributed by atoms with Crippen LogP contribution >= 0.6 is 0 Å². The summed E-state index contributed by atoms with van der Waals surface area (Å²) in [5, 5.41) is 39.3. The van der Waals surface area contributed by atoms with Gasteiger partial charge in [-0.15, -0.1) is 0 Å². The SMILES string of the molecule is O=[N+]([O-])c1cc2c(cc1O)CN=C2.O=[N+]([O-])c1cc2c(cc1O)CN=C2. The van der Waals surface area contributed by atoms with Gasteiger partial charge in [0, 0.05) is 35.7 Å². The number of aliphatic imine (C=N–C) groups is 2. The topological polar surface area (TPSA) is 151 Å². The van der Waals surface area contributed by atoms with E-state index in [1.165, 1.54) is 24.3 Å². The number of aromatic hydroxyl groups is 2. The molecule has 0 saturated heterocycles. The number of fused-ring (bicyclic) bond motifs is 2. The molecule has 2 N–H and O–H groups in total. The highest BCUT2D eigenvalue weighted by molar-refractivity contribution is 5.86. The Morgan fingerprint density at radius 1 is 0.769 bits per heavy atom. The van der Waals surface area contributed by atoms with Crippen molar-refractivity contribution in [1.29, 1.82) is 0 Å². The van der Waals surface area contributed by atoms with Crippen LogP contribution in [0.1, 0.15) is 22.3 Å². The molecule has 0 radical (unpaired) electrons. The third kappa shape index (κ3) is 3.20. The molecule has 2 aliphatic rings. The lowest BCUT2D eigenvalue weighted by molar-refractivity contribution is -0.386. The Balaban J connectivity index is 0.000000151. The zero-order valence-electron chi connectivity index (χ0n) is 13.2. The lowest BCUT2D eigenvalue weighted by Gasteiger charge is -1.99. The highest BCUT2D eigenvalue weighted by atomic mass is 16.6. The Kier molecular flexibility index (Phi) is 4.31. The number of hydrogen-bond donors (Lipinski definition) is 2. The molecule has 0 unspecified atom stereocenters. The molecule has 0 spiro atoms. The van der Waals surface area contributed by atoms with Crippen LogP contribution < -0.4 is 0 Å². The first-order valence-electron chi connectivity index (χ1n) is 7.37. The second-order valence-corrected chi connectivity index (χ2v) is 5.53. The molecule has 0 saturated carbocycles. The van der Waals surface area contributed by atoms with Crippen LogP contribution in [0, 0.1) is 20.2 Å². The maximum absolute atomic E-state index is 10.4. The molecular formula is C16H12N4O6. The lowest BCUT2D eigenvalue weighted by atomic mass is 10.1. The normalized spacial score (nSPS) is 12.9. The molecule has 0 fully saturated rings. The second-order valence-electron chi connectivity index (χ2n) is 5.53. The number of benzene rings is 2. The highest BCUT2D eigenvalue weighted by Crippen LogP contribution is 2.31. The van der Waals surface area contributed by atoms with Crippen LogP contribution in [0.15, 0.2) is 34.3 Å². The van der Waals surface area contributed by atoms with E-state index in [-0.39, 0.29) is 22.9 Å². The monoisotopic (exact) mass is 356 g/mol. The average molecular weight is 356 g/mol. The van der Waals surface area contributed by atoms with Gasteiger partial charge < -0.3 is 10.2 Å². The fourth-order valence-electron chi connectivity index (χ4n) is 2.56. The first-order chi connectivity index (χ1) is 12.4. The van der Waals surface area contributed by atoms with Gasteiger partial charge in [0.25, 0.3) is 0 Å². The number of phenolic OH excluding ortho intramolecular Hbond substituents is 2. The first kappa shape index (κ1) is 17.0. The van der Waals surface area contributed by atoms with Gasteiger partial charge in [-0.3, -0.25) is 30.2 Å². The predicted octanol–water partition coefficient (Wildman–Crippen LogP) is 2.47. The van der Waals surface area contributed by atoms with Crippen LogP contribution in [0.2, 0.25) is 0 Å². The molecule has 0 aliphatic carbocycles.